The molecule has 0 N–H and O–H groups in total. The Bertz CT molecular complexity index is 316. The first-order valence-corrected chi connectivity index (χ1v) is 4.92. The minimum Gasteiger partial charge on any atom is -0.462 e. The van der Waals surface area contributed by atoms with E-state index >= 15 is 0 Å². The lowest BCUT2D eigenvalue weighted by Crippen LogP contribution is -2.05. The summed E-state index contributed by atoms with van der Waals surface area (Å²) in [6.07, 6.45) is 0. The largest absolute Gasteiger partial charge is 0.462 e. The quantitative estimate of drug-likeness (QED) is 0.688. The van der Waals surface area contributed by atoms with E-state index in [1.165, 1.54) is 0 Å². The second-order valence-corrected chi connectivity index (χ2v) is 3.50. The summed E-state index contributed by atoms with van der Waals surface area (Å²) in [7, 11) is 0. The average molecular weight is 192 g/mol. The maximum atomic E-state index is 11.4. The summed E-state index contributed by atoms with van der Waals surface area (Å²) < 4.78 is 4.92. The highest BCUT2D eigenvalue weighted by atomic mass is 16.5. The molecule has 0 bridgehead atoms. The molecule has 2 nitrogen and oxygen atoms in total. The Morgan fingerprint density at radius 3 is 2.71 bits per heavy atom. The molecule has 0 aliphatic carbocycles. The van der Waals surface area contributed by atoms with Crippen LogP contribution in [0.3, 0.4) is 0 Å². The van der Waals surface area contributed by atoms with Crippen LogP contribution < -0.4 is 0 Å². The number of carbonyl (C=O) groups is 1. The summed E-state index contributed by atoms with van der Waals surface area (Å²) in [6, 6.07) is 7.58. The Morgan fingerprint density at radius 1 is 1.43 bits per heavy atom. The van der Waals surface area contributed by atoms with Gasteiger partial charge in [0.15, 0.2) is 0 Å². The molecular weight excluding hydrogens is 176 g/mol. The van der Waals surface area contributed by atoms with E-state index < -0.39 is 0 Å². The van der Waals surface area contributed by atoms with Gasteiger partial charge in [0, 0.05) is 0 Å². The van der Waals surface area contributed by atoms with Crippen LogP contribution in [0.25, 0.3) is 0 Å². The molecule has 1 aromatic rings. The van der Waals surface area contributed by atoms with Crippen molar-refractivity contribution in [3.05, 3.63) is 35.4 Å². The molecule has 0 aliphatic heterocycles. The fraction of sp³-hybridized carbons (Fsp3) is 0.417. The molecule has 0 radical (unpaired) electrons. The molecule has 2 heteroatoms. The summed E-state index contributed by atoms with van der Waals surface area (Å²) in [5, 5.41) is 0. The van der Waals surface area contributed by atoms with Crippen molar-refractivity contribution in [2.24, 2.45) is 0 Å². The minimum absolute atomic E-state index is 0.241. The second-order valence-electron chi connectivity index (χ2n) is 3.50. The second kappa shape index (κ2) is 4.80. The molecule has 0 heterocycles. The summed E-state index contributed by atoms with van der Waals surface area (Å²) in [6.45, 7) is 6.43. The van der Waals surface area contributed by atoms with E-state index in [0.29, 0.717) is 18.1 Å². The molecule has 1 rings (SSSR count). The molecule has 0 spiro atoms. The number of hydrogen-bond acceptors (Lipinski definition) is 2. The molecule has 0 amide bonds. The number of ether oxygens (including phenoxy) is 1. The van der Waals surface area contributed by atoms with E-state index in [0.717, 1.165) is 5.56 Å². The lowest BCUT2D eigenvalue weighted by Gasteiger charge is -2.07. The number of hydrogen-bond donors (Lipinski definition) is 0. The van der Waals surface area contributed by atoms with Gasteiger partial charge in [0.05, 0.1) is 12.2 Å². The Hall–Kier alpha value is -1.31. The van der Waals surface area contributed by atoms with Crippen LogP contribution in [0.1, 0.15) is 42.6 Å². The third-order valence-electron chi connectivity index (χ3n) is 2.06. The van der Waals surface area contributed by atoms with Crippen LogP contribution in [0.5, 0.6) is 0 Å². The van der Waals surface area contributed by atoms with Gasteiger partial charge in [-0.15, -0.1) is 0 Å². The number of esters is 1. The number of benzene rings is 1. The van der Waals surface area contributed by atoms with E-state index in [4.69, 9.17) is 4.74 Å². The van der Waals surface area contributed by atoms with Crippen molar-refractivity contribution in [2.75, 3.05) is 6.61 Å². The third-order valence-corrected chi connectivity index (χ3v) is 2.06. The zero-order chi connectivity index (χ0) is 10.6. The maximum Gasteiger partial charge on any atom is 0.338 e. The average Bonchev–Trinajstić information content (AvgIpc) is 2.18. The summed E-state index contributed by atoms with van der Waals surface area (Å²) in [4.78, 5) is 11.4. The molecule has 0 aromatic heterocycles. The molecule has 0 fully saturated rings. The van der Waals surface area contributed by atoms with Gasteiger partial charge in [0.2, 0.25) is 0 Å². The first-order chi connectivity index (χ1) is 6.65. The highest BCUT2D eigenvalue weighted by Crippen LogP contribution is 2.15. The Kier molecular flexibility index (Phi) is 3.69. The lowest BCUT2D eigenvalue weighted by molar-refractivity contribution is 0.0526. The van der Waals surface area contributed by atoms with Crippen LogP contribution in [0.2, 0.25) is 0 Å². The zero-order valence-electron chi connectivity index (χ0n) is 8.91. The topological polar surface area (TPSA) is 26.3 Å². The van der Waals surface area contributed by atoms with Crippen molar-refractivity contribution in [1.82, 2.24) is 0 Å². The number of rotatable bonds is 3. The first-order valence-electron chi connectivity index (χ1n) is 4.92. The lowest BCUT2D eigenvalue weighted by atomic mass is 10.0. The molecule has 1 aromatic carbocycles. The predicted molar refractivity (Wildman–Crippen MR) is 56.5 cm³/mol. The SMILES string of the molecule is CCOC(=O)c1cccc(C(C)C)c1. The molecule has 0 saturated carbocycles. The number of carbonyl (C=O) groups excluding carboxylic acids is 1. The van der Waals surface area contributed by atoms with Crippen LogP contribution in [0.4, 0.5) is 0 Å². The van der Waals surface area contributed by atoms with Crippen LogP contribution in [0, 0.1) is 0 Å². The monoisotopic (exact) mass is 192 g/mol. The van der Waals surface area contributed by atoms with Crippen LogP contribution in [-0.4, -0.2) is 12.6 Å². The van der Waals surface area contributed by atoms with E-state index in [9.17, 15) is 4.79 Å². The van der Waals surface area contributed by atoms with Crippen LogP contribution in [0.15, 0.2) is 24.3 Å². The first kappa shape index (κ1) is 10.8. The van der Waals surface area contributed by atoms with E-state index in [1.807, 2.05) is 25.1 Å². The van der Waals surface area contributed by atoms with Crippen molar-refractivity contribution >= 4 is 5.97 Å². The van der Waals surface area contributed by atoms with Crippen LogP contribution >= 0.6 is 0 Å². The van der Waals surface area contributed by atoms with Crippen molar-refractivity contribution in [2.45, 2.75) is 26.7 Å². The van der Waals surface area contributed by atoms with Gasteiger partial charge in [-0.05, 0) is 30.5 Å². The molecule has 0 atom stereocenters. The van der Waals surface area contributed by atoms with Gasteiger partial charge in [-0.25, -0.2) is 4.79 Å². The fourth-order valence-electron chi connectivity index (χ4n) is 1.24. The molecule has 0 saturated heterocycles. The summed E-state index contributed by atoms with van der Waals surface area (Å²) in [5.41, 5.74) is 1.80. The predicted octanol–water partition coefficient (Wildman–Crippen LogP) is 2.99. The Balaban J connectivity index is 2.88. The van der Waals surface area contributed by atoms with Crippen molar-refractivity contribution in [3.63, 3.8) is 0 Å². The van der Waals surface area contributed by atoms with Gasteiger partial charge in [-0.2, -0.15) is 0 Å². The van der Waals surface area contributed by atoms with Gasteiger partial charge < -0.3 is 4.74 Å². The zero-order valence-corrected chi connectivity index (χ0v) is 8.91. The Morgan fingerprint density at radius 2 is 2.14 bits per heavy atom. The summed E-state index contributed by atoms with van der Waals surface area (Å²) >= 11 is 0. The summed E-state index contributed by atoms with van der Waals surface area (Å²) in [5.74, 6) is 0.194. The van der Waals surface area contributed by atoms with Gasteiger partial charge >= 0.3 is 5.97 Å². The van der Waals surface area contributed by atoms with Gasteiger partial charge in [-0.1, -0.05) is 26.0 Å². The molecule has 0 unspecified atom stereocenters. The maximum absolute atomic E-state index is 11.4. The van der Waals surface area contributed by atoms with E-state index in [2.05, 4.69) is 13.8 Å². The third kappa shape index (κ3) is 2.59. The highest BCUT2D eigenvalue weighted by molar-refractivity contribution is 5.89. The standard InChI is InChI=1S/C12H16O2/c1-4-14-12(13)11-7-5-6-10(8-11)9(2)3/h5-9H,4H2,1-3H3. The van der Waals surface area contributed by atoms with Gasteiger partial charge in [0.25, 0.3) is 0 Å². The smallest absolute Gasteiger partial charge is 0.338 e. The van der Waals surface area contributed by atoms with Gasteiger partial charge in [-0.3, -0.25) is 0 Å². The van der Waals surface area contributed by atoms with E-state index in [-0.39, 0.29) is 5.97 Å². The Labute approximate surface area is 84.9 Å². The minimum atomic E-state index is -0.241. The van der Waals surface area contributed by atoms with Crippen molar-refractivity contribution in [1.29, 1.82) is 0 Å². The van der Waals surface area contributed by atoms with Gasteiger partial charge in [0.1, 0.15) is 0 Å². The van der Waals surface area contributed by atoms with E-state index in [1.54, 1.807) is 6.07 Å². The van der Waals surface area contributed by atoms with Crippen LogP contribution in [-0.2, 0) is 4.74 Å². The molecule has 0 aliphatic rings. The molecule has 76 valence electrons. The molecule has 14 heavy (non-hydrogen) atoms. The van der Waals surface area contributed by atoms with Crippen molar-refractivity contribution < 1.29 is 9.53 Å². The normalized spacial score (nSPS) is 10.3. The van der Waals surface area contributed by atoms with Crippen molar-refractivity contribution in [3.8, 4) is 0 Å². The fourth-order valence-corrected chi connectivity index (χ4v) is 1.24. The molecular formula is C12H16O2. The highest BCUT2D eigenvalue weighted by Gasteiger charge is 2.07.